The van der Waals surface area contributed by atoms with E-state index in [0.29, 0.717) is 32.7 Å². The number of urea groups is 1. The molecule has 1 aromatic carbocycles. The van der Waals surface area contributed by atoms with Crippen LogP contribution in [-0.2, 0) is 16.1 Å². The molecule has 6 nitrogen and oxygen atoms in total. The lowest BCUT2D eigenvalue weighted by molar-refractivity contribution is -0.119. The Bertz CT molecular complexity index is 605. The SMILES string of the molecule is C[C@H]1COCCN1C(=O)NCc1cccc(N2CCCCC2=O)c1. The molecule has 2 aliphatic rings. The average Bonchev–Trinajstić information content (AvgIpc) is 2.61. The van der Waals surface area contributed by atoms with E-state index in [0.717, 1.165) is 30.6 Å². The summed E-state index contributed by atoms with van der Waals surface area (Å²) in [6.07, 6.45) is 2.64. The second-order valence-electron chi connectivity index (χ2n) is 6.45. The van der Waals surface area contributed by atoms with E-state index in [1.807, 2.05) is 41.0 Å². The summed E-state index contributed by atoms with van der Waals surface area (Å²) in [6.45, 7) is 5.01. The van der Waals surface area contributed by atoms with Crippen LogP contribution < -0.4 is 10.2 Å². The summed E-state index contributed by atoms with van der Waals surface area (Å²) in [5.41, 5.74) is 1.92. The number of rotatable bonds is 3. The second-order valence-corrected chi connectivity index (χ2v) is 6.45. The Hall–Kier alpha value is -2.08. The topological polar surface area (TPSA) is 61.9 Å². The van der Waals surface area contributed by atoms with Crippen LogP contribution in [0.1, 0.15) is 31.7 Å². The monoisotopic (exact) mass is 331 g/mol. The van der Waals surface area contributed by atoms with Crippen molar-refractivity contribution in [2.45, 2.75) is 38.8 Å². The van der Waals surface area contributed by atoms with Gasteiger partial charge in [0.25, 0.3) is 0 Å². The molecule has 0 radical (unpaired) electrons. The number of hydrogen-bond donors (Lipinski definition) is 1. The van der Waals surface area contributed by atoms with Crippen molar-refractivity contribution in [1.29, 1.82) is 0 Å². The molecule has 2 saturated heterocycles. The van der Waals surface area contributed by atoms with Gasteiger partial charge in [-0.05, 0) is 37.5 Å². The molecule has 1 aromatic rings. The van der Waals surface area contributed by atoms with Crippen LogP contribution in [0, 0.1) is 0 Å². The molecular formula is C18H25N3O3. The zero-order valence-corrected chi connectivity index (χ0v) is 14.2. The van der Waals surface area contributed by atoms with Gasteiger partial charge in [-0.2, -0.15) is 0 Å². The Morgan fingerprint density at radius 1 is 1.33 bits per heavy atom. The lowest BCUT2D eigenvalue weighted by atomic mass is 10.1. The maximum Gasteiger partial charge on any atom is 0.318 e. The molecule has 24 heavy (non-hydrogen) atoms. The summed E-state index contributed by atoms with van der Waals surface area (Å²) in [5.74, 6) is 0.185. The number of nitrogens with zero attached hydrogens (tertiary/aromatic N) is 2. The summed E-state index contributed by atoms with van der Waals surface area (Å²) < 4.78 is 5.36. The summed E-state index contributed by atoms with van der Waals surface area (Å²) in [4.78, 5) is 28.0. The maximum atomic E-state index is 12.3. The van der Waals surface area contributed by atoms with Gasteiger partial charge in [0.2, 0.25) is 5.91 Å². The predicted molar refractivity (Wildman–Crippen MR) is 91.9 cm³/mol. The number of amides is 3. The molecule has 2 heterocycles. The Kier molecular flexibility index (Phi) is 5.35. The fourth-order valence-electron chi connectivity index (χ4n) is 3.22. The highest BCUT2D eigenvalue weighted by Crippen LogP contribution is 2.22. The molecule has 6 heteroatoms. The van der Waals surface area contributed by atoms with Gasteiger partial charge in [-0.25, -0.2) is 4.79 Å². The summed E-state index contributed by atoms with van der Waals surface area (Å²) >= 11 is 0. The minimum absolute atomic E-state index is 0.0646. The van der Waals surface area contributed by atoms with E-state index in [4.69, 9.17) is 4.74 Å². The van der Waals surface area contributed by atoms with Crippen molar-refractivity contribution < 1.29 is 14.3 Å². The third kappa shape index (κ3) is 3.87. The van der Waals surface area contributed by atoms with Crippen LogP contribution in [0.4, 0.5) is 10.5 Å². The average molecular weight is 331 g/mol. The zero-order valence-electron chi connectivity index (χ0n) is 14.2. The first-order valence-corrected chi connectivity index (χ1v) is 8.66. The highest BCUT2D eigenvalue weighted by atomic mass is 16.5. The van der Waals surface area contributed by atoms with Crippen LogP contribution in [0.5, 0.6) is 0 Å². The van der Waals surface area contributed by atoms with Gasteiger partial charge < -0.3 is 19.9 Å². The van der Waals surface area contributed by atoms with Gasteiger partial charge in [0, 0.05) is 31.7 Å². The number of anilines is 1. The molecule has 0 bridgehead atoms. The van der Waals surface area contributed by atoms with Gasteiger partial charge in [-0.1, -0.05) is 12.1 Å². The van der Waals surface area contributed by atoms with E-state index in [1.165, 1.54) is 0 Å². The van der Waals surface area contributed by atoms with Crippen molar-refractivity contribution in [2.24, 2.45) is 0 Å². The van der Waals surface area contributed by atoms with Crippen LogP contribution in [0.15, 0.2) is 24.3 Å². The number of hydrogen-bond acceptors (Lipinski definition) is 3. The van der Waals surface area contributed by atoms with Crippen molar-refractivity contribution in [3.8, 4) is 0 Å². The Balaban J connectivity index is 1.60. The van der Waals surface area contributed by atoms with Crippen LogP contribution in [0.2, 0.25) is 0 Å². The Morgan fingerprint density at radius 3 is 3.00 bits per heavy atom. The lowest BCUT2D eigenvalue weighted by Gasteiger charge is -2.33. The van der Waals surface area contributed by atoms with E-state index in [2.05, 4.69) is 5.32 Å². The molecule has 2 aliphatic heterocycles. The minimum Gasteiger partial charge on any atom is -0.377 e. The van der Waals surface area contributed by atoms with Gasteiger partial charge in [0.05, 0.1) is 19.3 Å². The third-order valence-electron chi connectivity index (χ3n) is 4.62. The first-order chi connectivity index (χ1) is 11.6. The van der Waals surface area contributed by atoms with E-state index in [1.54, 1.807) is 0 Å². The van der Waals surface area contributed by atoms with E-state index >= 15 is 0 Å². The molecule has 3 rings (SSSR count). The number of nitrogens with one attached hydrogen (secondary N) is 1. The first-order valence-electron chi connectivity index (χ1n) is 8.66. The smallest absolute Gasteiger partial charge is 0.318 e. The number of carbonyl (C=O) groups is 2. The molecule has 1 atom stereocenters. The van der Waals surface area contributed by atoms with E-state index < -0.39 is 0 Å². The van der Waals surface area contributed by atoms with Crippen LogP contribution in [-0.4, -0.2) is 49.2 Å². The van der Waals surface area contributed by atoms with Crippen molar-refractivity contribution in [3.63, 3.8) is 0 Å². The quantitative estimate of drug-likeness (QED) is 0.923. The van der Waals surface area contributed by atoms with Gasteiger partial charge in [0.1, 0.15) is 0 Å². The van der Waals surface area contributed by atoms with E-state index in [-0.39, 0.29) is 18.0 Å². The number of morpholine rings is 1. The van der Waals surface area contributed by atoms with Crippen molar-refractivity contribution in [1.82, 2.24) is 10.2 Å². The largest absolute Gasteiger partial charge is 0.377 e. The highest BCUT2D eigenvalue weighted by molar-refractivity contribution is 5.94. The normalized spacial score (nSPS) is 21.7. The second kappa shape index (κ2) is 7.66. The third-order valence-corrected chi connectivity index (χ3v) is 4.62. The molecule has 3 amide bonds. The molecule has 0 unspecified atom stereocenters. The van der Waals surface area contributed by atoms with Gasteiger partial charge in [-0.15, -0.1) is 0 Å². The van der Waals surface area contributed by atoms with Crippen molar-refractivity contribution >= 4 is 17.6 Å². The molecule has 0 saturated carbocycles. The Labute approximate surface area is 142 Å². The molecular weight excluding hydrogens is 306 g/mol. The van der Waals surface area contributed by atoms with Gasteiger partial charge >= 0.3 is 6.03 Å². The fraction of sp³-hybridized carbons (Fsp3) is 0.556. The van der Waals surface area contributed by atoms with Gasteiger partial charge in [0.15, 0.2) is 0 Å². The highest BCUT2D eigenvalue weighted by Gasteiger charge is 2.23. The first kappa shape index (κ1) is 16.8. The van der Waals surface area contributed by atoms with Gasteiger partial charge in [-0.3, -0.25) is 4.79 Å². The number of carbonyl (C=O) groups excluding carboxylic acids is 2. The minimum atomic E-state index is -0.0646. The Morgan fingerprint density at radius 2 is 2.21 bits per heavy atom. The summed E-state index contributed by atoms with van der Waals surface area (Å²) in [6, 6.07) is 7.89. The zero-order chi connectivity index (χ0) is 16.9. The fourth-order valence-corrected chi connectivity index (χ4v) is 3.22. The van der Waals surface area contributed by atoms with Crippen LogP contribution in [0.25, 0.3) is 0 Å². The number of benzene rings is 1. The molecule has 130 valence electrons. The van der Waals surface area contributed by atoms with Crippen LogP contribution >= 0.6 is 0 Å². The van der Waals surface area contributed by atoms with Crippen molar-refractivity contribution in [2.75, 3.05) is 31.2 Å². The molecule has 0 aliphatic carbocycles. The summed E-state index contributed by atoms with van der Waals surface area (Å²) in [7, 11) is 0. The van der Waals surface area contributed by atoms with Crippen molar-refractivity contribution in [3.05, 3.63) is 29.8 Å². The standard InChI is InChI=1S/C18H25N3O3/c1-14-13-24-10-9-20(14)18(23)19-12-15-5-4-6-16(11-15)21-8-3-2-7-17(21)22/h4-6,11,14H,2-3,7-10,12-13H2,1H3,(H,19,23)/t14-/m0/s1. The molecule has 2 fully saturated rings. The predicted octanol–water partition coefficient (Wildman–Crippen LogP) is 2.13. The molecule has 0 spiro atoms. The van der Waals surface area contributed by atoms with Crippen LogP contribution in [0.3, 0.4) is 0 Å². The molecule has 1 N–H and O–H groups in total. The lowest BCUT2D eigenvalue weighted by Crippen LogP contribution is -2.51. The summed E-state index contributed by atoms with van der Waals surface area (Å²) in [5, 5.41) is 2.97. The number of ether oxygens (including phenoxy) is 1. The molecule has 0 aromatic heterocycles. The van der Waals surface area contributed by atoms with E-state index in [9.17, 15) is 9.59 Å². The number of piperidine rings is 1. The maximum absolute atomic E-state index is 12.3.